The molecule has 0 atom stereocenters. The highest BCUT2D eigenvalue weighted by atomic mass is 32.1. The predicted octanol–water partition coefficient (Wildman–Crippen LogP) is 14.0. The Bertz CT molecular complexity index is 2210. The van der Waals surface area contributed by atoms with Crippen LogP contribution in [0.25, 0.3) is 34.6 Å². The molecule has 0 bridgehead atoms. The molecule has 0 radical (unpaired) electrons. The van der Waals surface area contributed by atoms with Crippen molar-refractivity contribution < 1.29 is 9.59 Å². The fraction of sp³-hybridized carbons (Fsp3) is 0.500. The van der Waals surface area contributed by atoms with Crippen LogP contribution >= 0.6 is 45.3 Å². The van der Waals surface area contributed by atoms with Crippen molar-refractivity contribution >= 4 is 72.3 Å². The number of amides is 2. The third kappa shape index (κ3) is 9.16. The van der Waals surface area contributed by atoms with Gasteiger partial charge in [-0.25, -0.2) is 0 Å². The summed E-state index contributed by atoms with van der Waals surface area (Å²) < 4.78 is 2.91. The van der Waals surface area contributed by atoms with Gasteiger partial charge in [-0.15, -0.1) is 69.0 Å². The van der Waals surface area contributed by atoms with Crippen LogP contribution in [-0.2, 0) is 22.4 Å². The highest BCUT2D eigenvalue weighted by molar-refractivity contribution is 7.34. The lowest BCUT2D eigenvalue weighted by molar-refractivity contribution is -0.124. The fourth-order valence-electron chi connectivity index (χ4n) is 7.99. The third-order valence-electron chi connectivity index (χ3n) is 11.0. The number of nitrogens with zero attached hydrogens (tertiary/aromatic N) is 2. The summed E-state index contributed by atoms with van der Waals surface area (Å²) in [5, 5.41) is 0. The van der Waals surface area contributed by atoms with E-state index in [1.165, 1.54) is 51.3 Å². The van der Waals surface area contributed by atoms with Crippen molar-refractivity contribution in [2.75, 3.05) is 13.1 Å². The van der Waals surface area contributed by atoms with E-state index in [-0.39, 0.29) is 11.8 Å². The van der Waals surface area contributed by atoms with Gasteiger partial charge in [0.15, 0.2) is 0 Å². The molecular formula is C48H58N2O2S4. The number of unbranched alkanes of at least 4 members (excludes halogenated alkanes) is 10. The molecule has 0 aromatic carbocycles. The average Bonchev–Trinajstić information content (AvgIpc) is 4.04. The Morgan fingerprint density at radius 3 is 1.61 bits per heavy atom. The molecule has 6 rings (SSSR count). The SMILES string of the molecule is CC#CCCCCCc1c(-c2ccc(C)s2)sc2c(CCCCCC#CC)c(-c3ccc(C4=C5C(=O)N(CCCCC)C(C)=C5C(=O)N4CCCCC)s3)sc12. The van der Waals surface area contributed by atoms with Crippen molar-refractivity contribution in [3.8, 4) is 43.2 Å². The summed E-state index contributed by atoms with van der Waals surface area (Å²) in [6, 6.07) is 9.04. The number of hydrogen-bond acceptors (Lipinski definition) is 6. The number of aryl methyl sites for hydroxylation is 3. The van der Waals surface area contributed by atoms with Crippen LogP contribution in [0.15, 0.2) is 41.1 Å². The molecule has 56 heavy (non-hydrogen) atoms. The first-order valence-corrected chi connectivity index (χ1v) is 24.2. The van der Waals surface area contributed by atoms with Gasteiger partial charge in [0.25, 0.3) is 11.8 Å². The van der Waals surface area contributed by atoms with E-state index < -0.39 is 0 Å². The minimum absolute atomic E-state index is 0.00212. The summed E-state index contributed by atoms with van der Waals surface area (Å²) in [4.78, 5) is 40.1. The Morgan fingerprint density at radius 1 is 0.554 bits per heavy atom. The molecule has 8 heteroatoms. The van der Waals surface area contributed by atoms with E-state index in [0.29, 0.717) is 24.2 Å². The minimum Gasteiger partial charge on any atom is -0.312 e. The van der Waals surface area contributed by atoms with Gasteiger partial charge in [-0.05, 0) is 114 Å². The number of carbonyl (C=O) groups is 2. The van der Waals surface area contributed by atoms with Crippen LogP contribution in [0.1, 0.15) is 145 Å². The smallest absolute Gasteiger partial charge is 0.261 e. The van der Waals surface area contributed by atoms with Gasteiger partial charge in [-0.1, -0.05) is 52.4 Å². The Morgan fingerprint density at radius 2 is 1.07 bits per heavy atom. The average molecular weight is 823 g/mol. The Hall–Kier alpha value is -3.40. The van der Waals surface area contributed by atoms with E-state index in [2.05, 4.69) is 68.7 Å². The standard InChI is InChI=1S/C48H58N2O2S4/c1-7-11-15-17-19-21-25-35-43(38-28-27-33(5)53-38)55-46-36(26-22-20-18-16-12-8-2)44(56-45(35)46)39-30-29-37(54-39)42-41-40(47(51)50(42)32-24-14-10-4)34(6)49(48(41)52)31-23-13-9-3/h27-30H,9-10,13-26,31-32H2,1-6H3. The summed E-state index contributed by atoms with van der Waals surface area (Å²) in [5.41, 5.74) is 5.89. The summed E-state index contributed by atoms with van der Waals surface area (Å²) in [5.74, 6) is 12.6. The lowest BCUT2D eigenvalue weighted by Gasteiger charge is -2.23. The van der Waals surface area contributed by atoms with Gasteiger partial charge in [0, 0.05) is 65.4 Å². The van der Waals surface area contributed by atoms with E-state index in [4.69, 9.17) is 0 Å². The molecule has 4 aromatic heterocycles. The van der Waals surface area contributed by atoms with Gasteiger partial charge >= 0.3 is 0 Å². The molecule has 0 saturated carbocycles. The van der Waals surface area contributed by atoms with Crippen LogP contribution in [-0.4, -0.2) is 34.7 Å². The predicted molar refractivity (Wildman–Crippen MR) is 244 cm³/mol. The Balaban J connectivity index is 1.42. The van der Waals surface area contributed by atoms with Crippen molar-refractivity contribution in [1.29, 1.82) is 0 Å². The first-order valence-electron chi connectivity index (χ1n) is 21.0. The summed E-state index contributed by atoms with van der Waals surface area (Å²) in [7, 11) is 0. The second-order valence-electron chi connectivity index (χ2n) is 15.0. The van der Waals surface area contributed by atoms with Gasteiger partial charge in [0.2, 0.25) is 0 Å². The summed E-state index contributed by atoms with van der Waals surface area (Å²) >= 11 is 7.66. The molecule has 0 saturated heterocycles. The van der Waals surface area contributed by atoms with Crippen LogP contribution in [0.2, 0.25) is 0 Å². The molecule has 0 N–H and O–H groups in total. The van der Waals surface area contributed by atoms with Crippen molar-refractivity contribution in [2.45, 2.75) is 144 Å². The van der Waals surface area contributed by atoms with E-state index >= 15 is 0 Å². The molecule has 2 amide bonds. The van der Waals surface area contributed by atoms with Gasteiger partial charge in [-0.2, -0.15) is 0 Å². The lowest BCUT2D eigenvalue weighted by Crippen LogP contribution is -2.30. The molecule has 6 heterocycles. The van der Waals surface area contributed by atoms with Crippen LogP contribution in [0, 0.1) is 30.6 Å². The third-order valence-corrected chi connectivity index (χ3v) is 16.1. The second kappa shape index (κ2) is 20.3. The summed E-state index contributed by atoms with van der Waals surface area (Å²) in [6.07, 6.45) is 17.1. The molecule has 4 aromatic rings. The van der Waals surface area contributed by atoms with Crippen molar-refractivity contribution in [2.24, 2.45) is 0 Å². The zero-order valence-electron chi connectivity index (χ0n) is 34.4. The number of thiophene rings is 4. The number of allylic oxidation sites excluding steroid dienone is 1. The molecule has 4 nitrogen and oxygen atoms in total. The number of fused-ring (bicyclic) bond motifs is 2. The molecular weight excluding hydrogens is 765 g/mol. The zero-order chi connectivity index (χ0) is 39.6. The van der Waals surface area contributed by atoms with Crippen molar-refractivity contribution in [3.63, 3.8) is 0 Å². The maximum absolute atomic E-state index is 14.2. The highest BCUT2D eigenvalue weighted by Crippen LogP contribution is 2.53. The van der Waals surface area contributed by atoms with Gasteiger partial charge in [0.1, 0.15) is 0 Å². The van der Waals surface area contributed by atoms with Crippen LogP contribution in [0.3, 0.4) is 0 Å². The molecule has 0 spiro atoms. The Kier molecular flexibility index (Phi) is 15.3. The number of carbonyl (C=O) groups excluding carboxylic acids is 2. The normalized spacial score (nSPS) is 14.0. The van der Waals surface area contributed by atoms with Crippen molar-refractivity contribution in [1.82, 2.24) is 9.80 Å². The summed E-state index contributed by atoms with van der Waals surface area (Å²) in [6.45, 7) is 13.7. The quantitative estimate of drug-likeness (QED) is 0.0620. The molecule has 0 aliphatic carbocycles. The second-order valence-corrected chi connectivity index (χ2v) is 19.5. The van der Waals surface area contributed by atoms with E-state index in [9.17, 15) is 9.59 Å². The molecule has 2 aliphatic rings. The minimum atomic E-state index is -0.00212. The maximum atomic E-state index is 14.2. The van der Waals surface area contributed by atoms with E-state index in [0.717, 1.165) is 113 Å². The molecule has 0 unspecified atom stereocenters. The first-order chi connectivity index (χ1) is 27.3. The fourth-order valence-corrected chi connectivity index (χ4v) is 13.2. The molecule has 2 aliphatic heterocycles. The topological polar surface area (TPSA) is 40.6 Å². The molecule has 296 valence electrons. The number of rotatable bonds is 21. The Labute approximate surface area is 352 Å². The zero-order valence-corrected chi connectivity index (χ0v) is 37.6. The number of hydrogen-bond donors (Lipinski definition) is 0. The first kappa shape index (κ1) is 42.2. The van der Waals surface area contributed by atoms with E-state index in [1.807, 2.05) is 64.6 Å². The molecule has 0 fully saturated rings. The monoisotopic (exact) mass is 822 g/mol. The van der Waals surface area contributed by atoms with Crippen molar-refractivity contribution in [3.05, 3.63) is 62.0 Å². The van der Waals surface area contributed by atoms with Gasteiger partial charge in [0.05, 0.1) is 21.7 Å². The van der Waals surface area contributed by atoms with Crippen LogP contribution < -0.4 is 0 Å². The highest BCUT2D eigenvalue weighted by Gasteiger charge is 2.47. The maximum Gasteiger partial charge on any atom is 0.261 e. The van der Waals surface area contributed by atoms with E-state index in [1.54, 1.807) is 11.3 Å². The van der Waals surface area contributed by atoms with Crippen LogP contribution in [0.5, 0.6) is 0 Å². The largest absolute Gasteiger partial charge is 0.312 e. The van der Waals surface area contributed by atoms with Crippen LogP contribution in [0.4, 0.5) is 0 Å². The van der Waals surface area contributed by atoms with Gasteiger partial charge < -0.3 is 9.80 Å². The van der Waals surface area contributed by atoms with Gasteiger partial charge in [-0.3, -0.25) is 9.59 Å². The lowest BCUT2D eigenvalue weighted by atomic mass is 10.0.